The highest BCUT2D eigenvalue weighted by Gasteiger charge is 2.59. The Morgan fingerprint density at radius 3 is 2.27 bits per heavy atom. The third-order valence-corrected chi connectivity index (χ3v) is 15.0. The van der Waals surface area contributed by atoms with Crippen molar-refractivity contribution in [2.75, 3.05) is 0 Å². The molecule has 302 valence electrons. The molecule has 0 aromatic heterocycles. The Hall–Kier alpha value is -3.34. The van der Waals surface area contributed by atoms with Crippen LogP contribution in [0.4, 0.5) is 0 Å². The summed E-state index contributed by atoms with van der Waals surface area (Å²) >= 11 is 0. The van der Waals surface area contributed by atoms with Gasteiger partial charge in [-0.1, -0.05) is 84.7 Å². The molecule has 56 heavy (non-hydrogen) atoms. The van der Waals surface area contributed by atoms with E-state index >= 15 is 0 Å². The van der Waals surface area contributed by atoms with Gasteiger partial charge in [-0.15, -0.1) is 0 Å². The maximum absolute atomic E-state index is 15.0. The summed E-state index contributed by atoms with van der Waals surface area (Å²) in [5.41, 5.74) is 5.34. The Labute approximate surface area is 336 Å². The number of rotatable bonds is 17. The Morgan fingerprint density at radius 1 is 0.929 bits per heavy atom. The molecule has 5 aliphatic rings. The van der Waals surface area contributed by atoms with Gasteiger partial charge in [-0.3, -0.25) is 19.2 Å². The summed E-state index contributed by atoms with van der Waals surface area (Å²) in [6, 6.07) is 8.86. The zero-order valence-electron chi connectivity index (χ0n) is 35.9. The van der Waals surface area contributed by atoms with E-state index in [2.05, 4.69) is 91.8 Å². The summed E-state index contributed by atoms with van der Waals surface area (Å²) in [4.78, 5) is 56.3. The molecule has 2 aromatic carbocycles. The molecule has 0 spiro atoms. The third-order valence-electron chi connectivity index (χ3n) is 15.0. The van der Waals surface area contributed by atoms with Gasteiger partial charge in [-0.25, -0.2) is 0 Å². The van der Waals surface area contributed by atoms with Gasteiger partial charge in [-0.05, 0) is 146 Å². The predicted molar refractivity (Wildman–Crippen MR) is 226 cm³/mol. The smallest absolute Gasteiger partial charge is 0.140 e. The molecule has 5 heteroatoms. The molecule has 0 amide bonds. The van der Waals surface area contributed by atoms with Crippen LogP contribution >= 0.6 is 0 Å². The fourth-order valence-electron chi connectivity index (χ4n) is 11.5. The summed E-state index contributed by atoms with van der Waals surface area (Å²) < 4.78 is 7.07. The first kappa shape index (κ1) is 40.8. The number of aryl methyl sites for hydroxylation is 2. The minimum absolute atomic E-state index is 0.0192. The maximum atomic E-state index is 15.0. The number of ketones is 4. The highest BCUT2D eigenvalue weighted by atomic mass is 16.5. The molecule has 5 nitrogen and oxygen atoms in total. The number of ether oxygens (including phenoxy) is 1. The molecule has 0 N–H and O–H groups in total. The average molecular weight is 761 g/mol. The van der Waals surface area contributed by atoms with Gasteiger partial charge in [0.05, 0.1) is 0 Å². The summed E-state index contributed by atoms with van der Waals surface area (Å²) in [6.45, 7) is 18.8. The van der Waals surface area contributed by atoms with Crippen LogP contribution in [0.1, 0.15) is 149 Å². The van der Waals surface area contributed by atoms with Crippen LogP contribution in [0.2, 0.25) is 0 Å². The number of benzene rings is 2. The number of hydrogen-bond acceptors (Lipinski definition) is 5. The van der Waals surface area contributed by atoms with Gasteiger partial charge in [0.1, 0.15) is 35.0 Å². The van der Waals surface area contributed by atoms with Crippen LogP contribution in [-0.4, -0.2) is 29.2 Å². The van der Waals surface area contributed by atoms with Crippen LogP contribution in [0.5, 0.6) is 5.75 Å². The monoisotopic (exact) mass is 761 g/mol. The van der Waals surface area contributed by atoms with Crippen molar-refractivity contribution in [3.05, 3.63) is 58.7 Å². The number of carbonyl (C=O) groups is 4. The number of Topliss-reactive ketones (excluding diaryl/α,β-unsaturated/α-hetero) is 4. The van der Waals surface area contributed by atoms with Gasteiger partial charge >= 0.3 is 0 Å². The molecule has 2 aromatic rings. The van der Waals surface area contributed by atoms with E-state index in [1.165, 1.54) is 34.1 Å². The molecule has 0 saturated heterocycles. The van der Waals surface area contributed by atoms with E-state index in [0.717, 1.165) is 73.5 Å². The Kier molecular flexibility index (Phi) is 11.5. The first-order chi connectivity index (χ1) is 26.5. The van der Waals surface area contributed by atoms with Gasteiger partial charge in [-0.2, -0.15) is 0 Å². The van der Waals surface area contributed by atoms with E-state index in [1.807, 2.05) is 0 Å². The Balaban J connectivity index is 1.19. The third kappa shape index (κ3) is 8.30. The zero-order valence-corrected chi connectivity index (χ0v) is 35.9. The van der Waals surface area contributed by atoms with Gasteiger partial charge in [0.2, 0.25) is 0 Å². The number of carbonyl (C=O) groups excluding carboxylic acids is 4. The van der Waals surface area contributed by atoms with Crippen LogP contribution in [0.3, 0.4) is 0 Å². The molecule has 8 unspecified atom stereocenters. The molecule has 0 aliphatic heterocycles. The molecule has 0 radical (unpaired) electrons. The quantitative estimate of drug-likeness (QED) is 0.160. The van der Waals surface area contributed by atoms with E-state index in [1.54, 1.807) is 6.92 Å². The van der Waals surface area contributed by atoms with E-state index in [-0.39, 0.29) is 48.0 Å². The van der Waals surface area contributed by atoms with E-state index in [4.69, 9.17) is 4.74 Å². The molecule has 0 bridgehead atoms. The van der Waals surface area contributed by atoms with Crippen LogP contribution in [0, 0.1) is 65.1 Å². The van der Waals surface area contributed by atoms with Crippen LogP contribution in [0.25, 0.3) is 16.3 Å². The summed E-state index contributed by atoms with van der Waals surface area (Å²) in [5.74, 6) is 2.47. The van der Waals surface area contributed by atoms with E-state index in [0.29, 0.717) is 31.1 Å². The maximum Gasteiger partial charge on any atom is 0.140 e. The topological polar surface area (TPSA) is 77.5 Å². The summed E-state index contributed by atoms with van der Waals surface area (Å²) in [7, 11) is 0. The minimum atomic E-state index is -0.601. The van der Waals surface area contributed by atoms with Crippen molar-refractivity contribution in [3.8, 4) is 5.75 Å². The highest BCUT2D eigenvalue weighted by Crippen LogP contribution is 2.59. The van der Waals surface area contributed by atoms with Gasteiger partial charge in [0.15, 0.2) is 0 Å². The molecule has 5 aliphatic carbocycles. The predicted octanol–water partition coefficient (Wildman–Crippen LogP) is 11.8. The largest absolute Gasteiger partial charge is 0.490 e. The molecular formula is C51H68O5. The van der Waals surface area contributed by atoms with E-state index < -0.39 is 28.6 Å². The van der Waals surface area contributed by atoms with Crippen molar-refractivity contribution in [3.63, 3.8) is 0 Å². The van der Waals surface area contributed by atoms with Crippen molar-refractivity contribution < 1.29 is 23.9 Å². The molecule has 0 heterocycles. The van der Waals surface area contributed by atoms with Crippen molar-refractivity contribution in [2.24, 2.45) is 58.2 Å². The zero-order chi connectivity index (χ0) is 40.3. The second-order valence-electron chi connectivity index (χ2n) is 20.5. The SMILES string of the molecule is CCc1ccc2c(OC3CC(C(=O)CC4(C(C)=O)CC4CC)C(C(=O)C(CC(=O)CC4CC5CC5C4)C(C)(C)C)C3)cc(C3=CCC(CC(C)C)=C3)cc2c1C. The second-order valence-corrected chi connectivity index (χ2v) is 20.5. The van der Waals surface area contributed by atoms with Crippen molar-refractivity contribution in [1.82, 2.24) is 0 Å². The van der Waals surface area contributed by atoms with Gasteiger partial charge in [0.25, 0.3) is 0 Å². The van der Waals surface area contributed by atoms with Crippen LogP contribution < -0.4 is 4.74 Å². The standard InChI is InChI=1S/C51H68O5/c1-10-34-14-15-42-43(30(34)5)22-38(35-13-12-32(17-35)16-29(3)4)23-48(42)56-41-25-44(47(54)28-51(31(6)52)27-39(51)11-2)45(26-41)49(55)46(50(7,8)9)24-40(53)20-33-18-36-21-37(36)19-33/h13-15,17,22-23,29,33,36-37,39,41,44-46H,10-12,16,18-21,24-28H2,1-9H3. The fourth-order valence-corrected chi connectivity index (χ4v) is 11.5. The van der Waals surface area contributed by atoms with Crippen molar-refractivity contribution in [1.29, 1.82) is 0 Å². The lowest BCUT2D eigenvalue weighted by atomic mass is 9.69. The van der Waals surface area contributed by atoms with Crippen LogP contribution in [0.15, 0.2) is 42.0 Å². The number of allylic oxidation sites excluding steroid dienone is 4. The molecule has 8 atom stereocenters. The Morgan fingerprint density at radius 2 is 1.64 bits per heavy atom. The van der Waals surface area contributed by atoms with Crippen LogP contribution in [-0.2, 0) is 25.6 Å². The lowest BCUT2D eigenvalue weighted by molar-refractivity contribution is -0.139. The second kappa shape index (κ2) is 15.8. The Bertz CT molecular complexity index is 1940. The molecule has 4 saturated carbocycles. The lowest BCUT2D eigenvalue weighted by Gasteiger charge is -2.33. The molecular weight excluding hydrogens is 693 g/mol. The normalized spacial score (nSPS) is 29.9. The first-order valence-corrected chi connectivity index (χ1v) is 22.2. The van der Waals surface area contributed by atoms with Gasteiger partial charge < -0.3 is 4.74 Å². The summed E-state index contributed by atoms with van der Waals surface area (Å²) in [6.07, 6.45) is 14.4. The van der Waals surface area contributed by atoms with Crippen molar-refractivity contribution in [2.45, 2.75) is 152 Å². The molecule has 4 fully saturated rings. The highest BCUT2D eigenvalue weighted by molar-refractivity contribution is 5.98. The van der Waals surface area contributed by atoms with E-state index in [9.17, 15) is 19.2 Å². The number of fused-ring (bicyclic) bond motifs is 2. The van der Waals surface area contributed by atoms with Gasteiger partial charge in [0, 0.05) is 47.8 Å². The fraction of sp³-hybridized carbons (Fsp3) is 0.647. The lowest BCUT2D eigenvalue weighted by Crippen LogP contribution is -2.38. The first-order valence-electron chi connectivity index (χ1n) is 22.2. The summed E-state index contributed by atoms with van der Waals surface area (Å²) in [5, 5.41) is 2.23. The number of hydrogen-bond donors (Lipinski definition) is 0. The van der Waals surface area contributed by atoms with Crippen molar-refractivity contribution >= 4 is 39.5 Å². The average Bonchev–Trinajstić information content (AvgIpc) is 3.80. The molecule has 7 rings (SSSR count). The minimum Gasteiger partial charge on any atom is -0.490 e.